The molecule has 8 nitrogen and oxygen atoms in total. The van der Waals surface area contributed by atoms with Crippen molar-refractivity contribution >= 4 is 29.0 Å². The topological polar surface area (TPSA) is 90.4 Å². The van der Waals surface area contributed by atoms with Crippen LogP contribution in [0.1, 0.15) is 11.1 Å². The largest absolute Gasteiger partial charge is 0.507 e. The molecule has 1 N–H and O–H groups in total. The predicted octanol–water partition coefficient (Wildman–Crippen LogP) is 1.71. The van der Waals surface area contributed by atoms with E-state index in [0.717, 1.165) is 12.1 Å². The van der Waals surface area contributed by atoms with Crippen LogP contribution in [0.15, 0.2) is 54.1 Å². The Morgan fingerprint density at radius 1 is 1.03 bits per heavy atom. The van der Waals surface area contributed by atoms with Gasteiger partial charge in [0.05, 0.1) is 18.8 Å². The lowest BCUT2D eigenvalue weighted by Gasteiger charge is -2.36. The fraction of sp³-hybridized carbons (Fsp3) is 0.320. The van der Waals surface area contributed by atoms with E-state index in [2.05, 4.69) is 4.90 Å². The zero-order valence-corrected chi connectivity index (χ0v) is 18.7. The predicted molar refractivity (Wildman–Crippen MR) is 121 cm³/mol. The molecular formula is C25H24FN3O5. The average Bonchev–Trinajstić information content (AvgIpc) is 3.22. The molecule has 0 aromatic heterocycles. The van der Waals surface area contributed by atoms with Gasteiger partial charge < -0.3 is 19.6 Å². The molecule has 0 unspecified atom stereocenters. The Labute approximate surface area is 195 Å². The van der Waals surface area contributed by atoms with Crippen molar-refractivity contribution in [2.75, 3.05) is 51.3 Å². The molecular weight excluding hydrogens is 441 g/mol. The van der Waals surface area contributed by atoms with Crippen LogP contribution in [-0.4, -0.2) is 78.9 Å². The van der Waals surface area contributed by atoms with Gasteiger partial charge in [0.1, 0.15) is 11.6 Å². The summed E-state index contributed by atoms with van der Waals surface area (Å²) in [5, 5.41) is 11.2. The van der Waals surface area contributed by atoms with Crippen LogP contribution >= 0.6 is 0 Å². The van der Waals surface area contributed by atoms with Crippen LogP contribution < -0.4 is 4.90 Å². The summed E-state index contributed by atoms with van der Waals surface area (Å²) in [6.45, 7) is 3.04. The number of morpholine rings is 1. The fourth-order valence-electron chi connectivity index (χ4n) is 5.09. The number of fused-ring (bicyclic) bond motifs is 2. The lowest BCUT2D eigenvalue weighted by Crippen LogP contribution is -2.53. The number of carbonyl (C=O) groups excluding carboxylic acids is 3. The molecule has 3 heterocycles. The standard InChI is InChI=1S/C25H24FN3O5/c1-27-19-5-3-2-4-18(19)25(24(27)33)20(21(30)16-6-8-17(26)9-7-16)22(31)23(32)29(25)11-10-28-12-14-34-15-13-28/h2-9,30H,10-15H2,1H3/t25-/m0/s1. The highest BCUT2D eigenvalue weighted by molar-refractivity contribution is 6.50. The van der Waals surface area contributed by atoms with E-state index in [-0.39, 0.29) is 17.7 Å². The number of halogens is 1. The second-order valence-electron chi connectivity index (χ2n) is 8.56. The van der Waals surface area contributed by atoms with Gasteiger partial charge in [-0.3, -0.25) is 19.3 Å². The maximum Gasteiger partial charge on any atom is 0.296 e. The third-order valence-corrected chi connectivity index (χ3v) is 6.80. The minimum atomic E-state index is -1.80. The summed E-state index contributed by atoms with van der Waals surface area (Å²) in [5.74, 6) is -3.32. The highest BCUT2D eigenvalue weighted by atomic mass is 19.1. The molecule has 0 saturated carbocycles. The molecule has 2 saturated heterocycles. The van der Waals surface area contributed by atoms with E-state index in [9.17, 15) is 23.9 Å². The zero-order chi connectivity index (χ0) is 24.0. The van der Waals surface area contributed by atoms with Crippen molar-refractivity contribution < 1.29 is 28.6 Å². The number of aliphatic hydroxyl groups excluding tert-OH is 1. The normalized spacial score (nSPS) is 24.4. The third-order valence-electron chi connectivity index (χ3n) is 6.80. The lowest BCUT2D eigenvalue weighted by atomic mass is 9.82. The van der Waals surface area contributed by atoms with Gasteiger partial charge in [-0.1, -0.05) is 18.2 Å². The number of Topliss-reactive ketones (excluding diaryl/α,β-unsaturated/α-hetero) is 1. The number of benzene rings is 2. The number of para-hydroxylation sites is 1. The van der Waals surface area contributed by atoms with Crippen LogP contribution in [0, 0.1) is 5.82 Å². The van der Waals surface area contributed by atoms with Gasteiger partial charge in [0.15, 0.2) is 5.54 Å². The second kappa shape index (κ2) is 8.34. The first-order chi connectivity index (χ1) is 16.4. The van der Waals surface area contributed by atoms with Gasteiger partial charge in [0.25, 0.3) is 17.6 Å². The summed E-state index contributed by atoms with van der Waals surface area (Å²) >= 11 is 0. The quantitative estimate of drug-likeness (QED) is 0.420. The molecule has 2 aromatic rings. The number of hydrogen-bond acceptors (Lipinski definition) is 6. The molecule has 0 bridgehead atoms. The summed E-state index contributed by atoms with van der Waals surface area (Å²) in [5.41, 5.74) is -0.952. The van der Waals surface area contributed by atoms with E-state index in [1.165, 1.54) is 21.9 Å². The summed E-state index contributed by atoms with van der Waals surface area (Å²) in [7, 11) is 1.58. The summed E-state index contributed by atoms with van der Waals surface area (Å²) < 4.78 is 18.9. The van der Waals surface area contributed by atoms with Crippen molar-refractivity contribution in [3.63, 3.8) is 0 Å². The smallest absolute Gasteiger partial charge is 0.296 e. The molecule has 3 aliphatic rings. The highest BCUT2D eigenvalue weighted by Crippen LogP contribution is 2.53. The number of hydrogen-bond donors (Lipinski definition) is 1. The first-order valence-corrected chi connectivity index (χ1v) is 11.1. The number of amides is 2. The maximum atomic E-state index is 13.9. The van der Waals surface area contributed by atoms with Gasteiger partial charge in [-0.15, -0.1) is 0 Å². The number of carbonyl (C=O) groups is 3. The molecule has 176 valence electrons. The molecule has 1 atom stereocenters. The van der Waals surface area contributed by atoms with Crippen molar-refractivity contribution in [3.8, 4) is 0 Å². The summed E-state index contributed by atoms with van der Waals surface area (Å²) in [4.78, 5) is 45.4. The van der Waals surface area contributed by atoms with E-state index >= 15 is 0 Å². The molecule has 2 fully saturated rings. The molecule has 1 spiro atoms. The molecule has 0 radical (unpaired) electrons. The lowest BCUT2D eigenvalue weighted by molar-refractivity contribution is -0.144. The number of likely N-dealkylation sites (tertiary alicyclic amines) is 1. The van der Waals surface area contributed by atoms with E-state index in [1.54, 1.807) is 31.3 Å². The van der Waals surface area contributed by atoms with E-state index in [0.29, 0.717) is 44.1 Å². The van der Waals surface area contributed by atoms with Crippen LogP contribution in [0.4, 0.5) is 10.1 Å². The number of nitrogens with zero attached hydrogens (tertiary/aromatic N) is 3. The monoisotopic (exact) mass is 465 g/mol. The van der Waals surface area contributed by atoms with E-state index in [4.69, 9.17) is 4.74 Å². The summed E-state index contributed by atoms with van der Waals surface area (Å²) in [6.07, 6.45) is 0. The van der Waals surface area contributed by atoms with Crippen LogP contribution in [0.2, 0.25) is 0 Å². The number of likely N-dealkylation sites (N-methyl/N-ethyl adjacent to an activating group) is 1. The number of anilines is 1. The van der Waals surface area contributed by atoms with Crippen molar-refractivity contribution in [1.82, 2.24) is 9.80 Å². The SMILES string of the molecule is CN1C(=O)[C@@]2(C(=C(O)c3ccc(F)cc3)C(=O)C(=O)N2CCN2CCOCC2)c2ccccc21. The summed E-state index contributed by atoms with van der Waals surface area (Å²) in [6, 6.07) is 11.8. The van der Waals surface area contributed by atoms with Crippen molar-refractivity contribution in [2.45, 2.75) is 5.54 Å². The van der Waals surface area contributed by atoms with Gasteiger partial charge >= 0.3 is 0 Å². The van der Waals surface area contributed by atoms with Crippen LogP contribution in [-0.2, 0) is 24.7 Å². The molecule has 3 aliphatic heterocycles. The molecule has 5 rings (SSSR count). The number of rotatable bonds is 4. The van der Waals surface area contributed by atoms with Gasteiger partial charge in [-0.2, -0.15) is 0 Å². The Morgan fingerprint density at radius 3 is 2.41 bits per heavy atom. The van der Waals surface area contributed by atoms with E-state index in [1.807, 2.05) is 0 Å². The van der Waals surface area contributed by atoms with Crippen LogP contribution in [0.5, 0.6) is 0 Å². The van der Waals surface area contributed by atoms with Gasteiger partial charge in [0, 0.05) is 50.0 Å². The Hall–Kier alpha value is -3.56. The zero-order valence-electron chi connectivity index (χ0n) is 18.7. The Kier molecular flexibility index (Phi) is 5.45. The highest BCUT2D eigenvalue weighted by Gasteiger charge is 2.66. The van der Waals surface area contributed by atoms with Crippen LogP contribution in [0.25, 0.3) is 5.76 Å². The minimum Gasteiger partial charge on any atom is -0.507 e. The first-order valence-electron chi connectivity index (χ1n) is 11.1. The van der Waals surface area contributed by atoms with Crippen molar-refractivity contribution in [1.29, 1.82) is 0 Å². The first kappa shape index (κ1) is 22.2. The van der Waals surface area contributed by atoms with Crippen molar-refractivity contribution in [2.24, 2.45) is 0 Å². The van der Waals surface area contributed by atoms with Gasteiger partial charge in [-0.25, -0.2) is 4.39 Å². The molecule has 9 heteroatoms. The third kappa shape index (κ3) is 3.15. The maximum absolute atomic E-state index is 13.9. The average molecular weight is 465 g/mol. The Balaban J connectivity index is 1.69. The molecule has 34 heavy (non-hydrogen) atoms. The fourth-order valence-corrected chi connectivity index (χ4v) is 5.09. The molecule has 2 amide bonds. The minimum absolute atomic E-state index is 0.110. The number of aliphatic hydroxyl groups is 1. The number of ether oxygens (including phenoxy) is 1. The Bertz CT molecular complexity index is 1210. The Morgan fingerprint density at radius 2 is 1.71 bits per heavy atom. The molecule has 0 aliphatic carbocycles. The van der Waals surface area contributed by atoms with Gasteiger partial charge in [-0.05, 0) is 30.3 Å². The molecule has 2 aromatic carbocycles. The van der Waals surface area contributed by atoms with E-state index < -0.39 is 34.7 Å². The van der Waals surface area contributed by atoms with Gasteiger partial charge in [0.2, 0.25) is 0 Å². The second-order valence-corrected chi connectivity index (χ2v) is 8.56. The van der Waals surface area contributed by atoms with Crippen molar-refractivity contribution in [3.05, 3.63) is 71.0 Å². The van der Waals surface area contributed by atoms with Crippen LogP contribution in [0.3, 0.4) is 0 Å². The number of ketones is 1.